The van der Waals surface area contributed by atoms with Crippen LogP contribution in [0.25, 0.3) is 0 Å². The molecule has 1 atom stereocenters. The van der Waals surface area contributed by atoms with Crippen molar-refractivity contribution < 1.29 is 14.3 Å². The van der Waals surface area contributed by atoms with Crippen LogP contribution in [-0.2, 0) is 0 Å². The van der Waals surface area contributed by atoms with Gasteiger partial charge >= 0.3 is 0 Å². The summed E-state index contributed by atoms with van der Waals surface area (Å²) in [5.74, 6) is 1.38. The molecule has 1 amide bonds. The van der Waals surface area contributed by atoms with Crippen LogP contribution in [0.3, 0.4) is 0 Å². The predicted octanol–water partition coefficient (Wildman–Crippen LogP) is 3.46. The van der Waals surface area contributed by atoms with Gasteiger partial charge in [-0.25, -0.2) is 0 Å². The Morgan fingerprint density at radius 3 is 2.44 bits per heavy atom. The molecule has 1 fully saturated rings. The van der Waals surface area contributed by atoms with Crippen molar-refractivity contribution in [1.82, 2.24) is 4.90 Å². The van der Waals surface area contributed by atoms with Crippen LogP contribution in [0.1, 0.15) is 57.3 Å². The van der Waals surface area contributed by atoms with Crippen molar-refractivity contribution in [3.8, 4) is 11.5 Å². The second-order valence-electron chi connectivity index (χ2n) is 7.47. The number of hydrogen-bond acceptors (Lipinski definition) is 4. The van der Waals surface area contributed by atoms with Gasteiger partial charge in [-0.05, 0) is 42.9 Å². The number of carbonyl (C=O) groups is 1. The lowest BCUT2D eigenvalue weighted by atomic mass is 9.79. The van der Waals surface area contributed by atoms with Gasteiger partial charge < -0.3 is 20.1 Å². The van der Waals surface area contributed by atoms with Crippen molar-refractivity contribution in [3.63, 3.8) is 0 Å². The molecule has 1 aliphatic heterocycles. The molecule has 0 aromatic heterocycles. The van der Waals surface area contributed by atoms with E-state index in [2.05, 4.69) is 27.7 Å². The van der Waals surface area contributed by atoms with E-state index in [1.54, 1.807) is 0 Å². The van der Waals surface area contributed by atoms with Gasteiger partial charge in [0.15, 0.2) is 11.5 Å². The topological polar surface area (TPSA) is 64.8 Å². The first kappa shape index (κ1) is 19.6. The van der Waals surface area contributed by atoms with Crippen LogP contribution >= 0.6 is 0 Å². The quantitative estimate of drug-likeness (QED) is 0.819. The summed E-state index contributed by atoms with van der Waals surface area (Å²) in [6.45, 7) is 11.0. The van der Waals surface area contributed by atoms with Gasteiger partial charge in [0, 0.05) is 24.7 Å². The number of ether oxygens (including phenoxy) is 2. The SMILES string of the molecule is CCCOc1ccc(C(=O)N2CCC(N)C(C)(C)C2)cc1OCCC. The van der Waals surface area contributed by atoms with E-state index >= 15 is 0 Å². The van der Waals surface area contributed by atoms with E-state index in [0.29, 0.717) is 43.4 Å². The minimum absolute atomic E-state index is 0.0309. The Balaban J connectivity index is 2.18. The summed E-state index contributed by atoms with van der Waals surface area (Å²) in [6.07, 6.45) is 2.66. The molecule has 0 bridgehead atoms. The van der Waals surface area contributed by atoms with Gasteiger partial charge in [0.1, 0.15) is 0 Å². The second-order valence-corrected chi connectivity index (χ2v) is 7.47. The Hall–Kier alpha value is -1.75. The number of likely N-dealkylation sites (tertiary alicyclic amines) is 1. The first-order chi connectivity index (χ1) is 11.9. The van der Waals surface area contributed by atoms with Gasteiger partial charge in [0.05, 0.1) is 13.2 Å². The van der Waals surface area contributed by atoms with E-state index in [0.717, 1.165) is 19.3 Å². The van der Waals surface area contributed by atoms with Gasteiger partial charge in [0.25, 0.3) is 5.91 Å². The highest BCUT2D eigenvalue weighted by molar-refractivity contribution is 5.95. The van der Waals surface area contributed by atoms with Gasteiger partial charge in [-0.15, -0.1) is 0 Å². The summed E-state index contributed by atoms with van der Waals surface area (Å²) in [5, 5.41) is 0. The van der Waals surface area contributed by atoms with Crippen molar-refractivity contribution in [2.24, 2.45) is 11.1 Å². The van der Waals surface area contributed by atoms with Crippen LogP contribution in [-0.4, -0.2) is 43.2 Å². The van der Waals surface area contributed by atoms with Crippen molar-refractivity contribution in [3.05, 3.63) is 23.8 Å². The lowest BCUT2D eigenvalue weighted by Gasteiger charge is -2.42. The summed E-state index contributed by atoms with van der Waals surface area (Å²) in [4.78, 5) is 14.8. The van der Waals surface area contributed by atoms with Gasteiger partial charge in [-0.2, -0.15) is 0 Å². The molecular weight excluding hydrogens is 316 g/mol. The normalized spacial score (nSPS) is 19.6. The minimum Gasteiger partial charge on any atom is -0.490 e. The smallest absolute Gasteiger partial charge is 0.254 e. The number of rotatable bonds is 7. The molecule has 0 spiro atoms. The zero-order valence-electron chi connectivity index (χ0n) is 16.0. The van der Waals surface area contributed by atoms with Crippen LogP contribution in [0, 0.1) is 5.41 Å². The Bertz CT molecular complexity index is 586. The highest BCUT2D eigenvalue weighted by Gasteiger charge is 2.35. The van der Waals surface area contributed by atoms with E-state index < -0.39 is 0 Å². The van der Waals surface area contributed by atoms with Crippen LogP contribution in [0.2, 0.25) is 0 Å². The largest absolute Gasteiger partial charge is 0.490 e. The number of hydrogen-bond donors (Lipinski definition) is 1. The maximum atomic E-state index is 12.9. The van der Waals surface area contributed by atoms with Crippen LogP contribution in [0.4, 0.5) is 0 Å². The molecule has 1 aromatic rings. The fraction of sp³-hybridized carbons (Fsp3) is 0.650. The minimum atomic E-state index is -0.0698. The number of carbonyl (C=O) groups excluding carboxylic acids is 1. The maximum absolute atomic E-state index is 12.9. The third-order valence-corrected chi connectivity index (χ3v) is 4.71. The van der Waals surface area contributed by atoms with E-state index in [4.69, 9.17) is 15.2 Å². The molecule has 0 radical (unpaired) electrons. The Kier molecular flexibility index (Phi) is 6.71. The summed E-state index contributed by atoms with van der Waals surface area (Å²) >= 11 is 0. The molecule has 1 unspecified atom stereocenters. The average Bonchev–Trinajstić information content (AvgIpc) is 2.60. The number of nitrogens with zero attached hydrogens (tertiary/aromatic N) is 1. The monoisotopic (exact) mass is 348 g/mol. The predicted molar refractivity (Wildman–Crippen MR) is 100 cm³/mol. The van der Waals surface area contributed by atoms with E-state index in [1.807, 2.05) is 23.1 Å². The third kappa shape index (κ3) is 4.88. The number of benzene rings is 1. The third-order valence-electron chi connectivity index (χ3n) is 4.71. The molecule has 5 heteroatoms. The molecule has 1 aromatic carbocycles. The van der Waals surface area contributed by atoms with Gasteiger partial charge in [-0.1, -0.05) is 27.7 Å². The molecule has 0 saturated carbocycles. The van der Waals surface area contributed by atoms with Crippen molar-refractivity contribution in [1.29, 1.82) is 0 Å². The molecule has 1 saturated heterocycles. The Morgan fingerprint density at radius 2 is 1.84 bits per heavy atom. The molecule has 1 heterocycles. The highest BCUT2D eigenvalue weighted by Crippen LogP contribution is 2.32. The molecule has 1 aliphatic rings. The lowest BCUT2D eigenvalue weighted by molar-refractivity contribution is 0.0532. The molecule has 2 N–H and O–H groups in total. The lowest BCUT2D eigenvalue weighted by Crippen LogP contribution is -2.54. The molecule has 140 valence electrons. The zero-order chi connectivity index (χ0) is 18.4. The summed E-state index contributed by atoms with van der Waals surface area (Å²) in [6, 6.07) is 5.61. The second kappa shape index (κ2) is 8.56. The first-order valence-electron chi connectivity index (χ1n) is 9.33. The summed E-state index contributed by atoms with van der Waals surface area (Å²) < 4.78 is 11.5. The van der Waals surface area contributed by atoms with E-state index in [9.17, 15) is 4.79 Å². The average molecular weight is 348 g/mol. The van der Waals surface area contributed by atoms with E-state index in [-0.39, 0.29) is 17.4 Å². The Morgan fingerprint density at radius 1 is 1.20 bits per heavy atom. The van der Waals surface area contributed by atoms with Gasteiger partial charge in [0.2, 0.25) is 0 Å². The maximum Gasteiger partial charge on any atom is 0.254 e. The summed E-state index contributed by atoms with van der Waals surface area (Å²) in [5.41, 5.74) is 6.75. The van der Waals surface area contributed by atoms with Crippen molar-refractivity contribution in [2.75, 3.05) is 26.3 Å². The first-order valence-corrected chi connectivity index (χ1v) is 9.33. The molecule has 0 aliphatic carbocycles. The van der Waals surface area contributed by atoms with Crippen molar-refractivity contribution in [2.45, 2.75) is 53.0 Å². The summed E-state index contributed by atoms with van der Waals surface area (Å²) in [7, 11) is 0. The fourth-order valence-electron chi connectivity index (χ4n) is 3.03. The highest BCUT2D eigenvalue weighted by atomic mass is 16.5. The fourth-order valence-corrected chi connectivity index (χ4v) is 3.03. The molecular formula is C20H32N2O3. The number of nitrogens with two attached hydrogens (primary N) is 1. The molecule has 5 nitrogen and oxygen atoms in total. The standard InChI is InChI=1S/C20H32N2O3/c1-5-11-24-16-8-7-15(13-17(16)25-12-6-2)19(23)22-10-9-18(21)20(3,4)14-22/h7-8,13,18H,5-6,9-12,14,21H2,1-4H3. The van der Waals surface area contributed by atoms with Crippen molar-refractivity contribution >= 4 is 5.91 Å². The molecule has 2 rings (SSSR count). The van der Waals surface area contributed by atoms with Crippen LogP contribution in [0.5, 0.6) is 11.5 Å². The van der Waals surface area contributed by atoms with Crippen LogP contribution in [0.15, 0.2) is 18.2 Å². The van der Waals surface area contributed by atoms with Gasteiger partial charge in [-0.3, -0.25) is 4.79 Å². The molecule has 25 heavy (non-hydrogen) atoms. The number of amides is 1. The Labute approximate surface area is 151 Å². The zero-order valence-corrected chi connectivity index (χ0v) is 16.0. The number of piperidine rings is 1. The van der Waals surface area contributed by atoms with Crippen LogP contribution < -0.4 is 15.2 Å². The van der Waals surface area contributed by atoms with E-state index in [1.165, 1.54) is 0 Å².